The summed E-state index contributed by atoms with van der Waals surface area (Å²) in [5.41, 5.74) is 7.92. The van der Waals surface area contributed by atoms with Crippen LogP contribution in [-0.2, 0) is 4.79 Å². The molecule has 0 aromatic heterocycles. The van der Waals surface area contributed by atoms with E-state index in [1.54, 1.807) is 6.07 Å². The summed E-state index contributed by atoms with van der Waals surface area (Å²) < 4.78 is 14.6. The van der Waals surface area contributed by atoms with E-state index in [-0.39, 0.29) is 28.7 Å². The maximum absolute atomic E-state index is 14.6. The van der Waals surface area contributed by atoms with E-state index in [2.05, 4.69) is 32.6 Å². The SMILES string of the molecule is CCC(C)CC(CC1CCC(N)CCC1C)=NC(=C(C#CCO)C(C)=O)c1ccc(C#N)c(F)c1. The number of nitrogens with two attached hydrogens (primary N) is 1. The van der Waals surface area contributed by atoms with Crippen LogP contribution in [0.2, 0.25) is 0 Å². The molecule has 188 valence electrons. The van der Waals surface area contributed by atoms with Crippen molar-refractivity contribution in [3.05, 3.63) is 40.7 Å². The fourth-order valence-corrected chi connectivity index (χ4v) is 4.51. The molecule has 0 heterocycles. The second kappa shape index (κ2) is 13.9. The average Bonchev–Trinajstić information content (AvgIpc) is 2.98. The van der Waals surface area contributed by atoms with E-state index in [1.807, 2.05) is 6.07 Å². The molecule has 1 aromatic rings. The number of ketones is 1. The van der Waals surface area contributed by atoms with Gasteiger partial charge >= 0.3 is 0 Å². The summed E-state index contributed by atoms with van der Waals surface area (Å²) in [5, 5.41) is 18.4. The quantitative estimate of drug-likeness (QED) is 0.225. The zero-order valence-corrected chi connectivity index (χ0v) is 21.4. The van der Waals surface area contributed by atoms with Gasteiger partial charge in [0.1, 0.15) is 18.5 Å². The van der Waals surface area contributed by atoms with Crippen molar-refractivity contribution in [1.82, 2.24) is 0 Å². The molecule has 4 unspecified atom stereocenters. The third-order valence-electron chi connectivity index (χ3n) is 7.00. The number of Topliss-reactive ketones (excluding diaryl/α,β-unsaturated/α-hetero) is 1. The highest BCUT2D eigenvalue weighted by Gasteiger charge is 2.25. The summed E-state index contributed by atoms with van der Waals surface area (Å²) >= 11 is 0. The zero-order valence-electron chi connectivity index (χ0n) is 21.4. The second-order valence-corrected chi connectivity index (χ2v) is 9.80. The number of hydrogen-bond acceptors (Lipinski definition) is 5. The van der Waals surface area contributed by atoms with Crippen LogP contribution in [-0.4, -0.2) is 29.3 Å². The van der Waals surface area contributed by atoms with Crippen molar-refractivity contribution in [1.29, 1.82) is 5.26 Å². The van der Waals surface area contributed by atoms with E-state index in [4.69, 9.17) is 16.0 Å². The molecule has 0 bridgehead atoms. The molecule has 0 aliphatic heterocycles. The number of nitriles is 1. The monoisotopic (exact) mass is 479 g/mol. The molecular weight excluding hydrogens is 441 g/mol. The molecule has 1 saturated carbocycles. The summed E-state index contributed by atoms with van der Waals surface area (Å²) in [6.07, 6.45) is 6.62. The molecule has 6 heteroatoms. The highest BCUT2D eigenvalue weighted by atomic mass is 19.1. The lowest BCUT2D eigenvalue weighted by atomic mass is 9.83. The van der Waals surface area contributed by atoms with Crippen LogP contribution in [0.5, 0.6) is 0 Å². The summed E-state index contributed by atoms with van der Waals surface area (Å²) in [6.45, 7) is 7.55. The van der Waals surface area contributed by atoms with Gasteiger partial charge < -0.3 is 10.8 Å². The zero-order chi connectivity index (χ0) is 26.0. The first-order valence-electron chi connectivity index (χ1n) is 12.6. The number of aliphatic hydroxyl groups is 1. The summed E-state index contributed by atoms with van der Waals surface area (Å²) in [5.74, 6) is 5.61. The predicted octanol–water partition coefficient (Wildman–Crippen LogP) is 5.41. The Morgan fingerprint density at radius 3 is 2.63 bits per heavy atom. The highest BCUT2D eigenvalue weighted by molar-refractivity contribution is 6.07. The van der Waals surface area contributed by atoms with Crippen molar-refractivity contribution in [3.8, 4) is 17.9 Å². The van der Waals surface area contributed by atoms with Crippen LogP contribution in [0, 0.1) is 46.7 Å². The molecule has 4 atom stereocenters. The van der Waals surface area contributed by atoms with Crippen LogP contribution >= 0.6 is 0 Å². The highest BCUT2D eigenvalue weighted by Crippen LogP contribution is 2.33. The molecule has 0 amide bonds. The molecule has 0 radical (unpaired) electrons. The van der Waals surface area contributed by atoms with Crippen LogP contribution < -0.4 is 5.73 Å². The first kappa shape index (κ1) is 28.4. The van der Waals surface area contributed by atoms with Gasteiger partial charge in [-0.3, -0.25) is 9.79 Å². The topological polar surface area (TPSA) is 99.5 Å². The van der Waals surface area contributed by atoms with Crippen LogP contribution in [0.3, 0.4) is 0 Å². The van der Waals surface area contributed by atoms with Crippen LogP contribution in [0.1, 0.15) is 83.8 Å². The van der Waals surface area contributed by atoms with E-state index < -0.39 is 12.4 Å². The van der Waals surface area contributed by atoms with Gasteiger partial charge in [0.05, 0.1) is 16.8 Å². The number of benzene rings is 1. The van der Waals surface area contributed by atoms with E-state index in [0.29, 0.717) is 23.3 Å². The predicted molar refractivity (Wildman–Crippen MR) is 139 cm³/mol. The maximum atomic E-state index is 14.6. The standard InChI is InChI=1S/C29H38FN3O2/c1-5-19(2)15-26(16-22-11-13-25(32)12-8-20(22)3)33-29(27(21(4)35)7-6-14-34)23-9-10-24(18-31)28(30)17-23/h9-10,17,19-20,22,25,34H,5,8,11-16,32H2,1-4H3. The summed E-state index contributed by atoms with van der Waals surface area (Å²) in [6, 6.07) is 6.27. The molecule has 1 fully saturated rings. The lowest BCUT2D eigenvalue weighted by Crippen LogP contribution is -2.19. The maximum Gasteiger partial charge on any atom is 0.170 e. The van der Waals surface area contributed by atoms with Gasteiger partial charge in [-0.25, -0.2) is 4.39 Å². The van der Waals surface area contributed by atoms with Crippen LogP contribution in [0.15, 0.2) is 28.8 Å². The minimum atomic E-state index is -0.675. The van der Waals surface area contributed by atoms with Crippen molar-refractivity contribution >= 4 is 17.2 Å². The van der Waals surface area contributed by atoms with Crippen LogP contribution in [0.25, 0.3) is 5.70 Å². The molecule has 1 aliphatic rings. The molecule has 2 rings (SSSR count). The lowest BCUT2D eigenvalue weighted by Gasteiger charge is -2.24. The number of carbonyl (C=O) groups is 1. The third kappa shape index (κ3) is 8.42. The van der Waals surface area contributed by atoms with Crippen molar-refractivity contribution in [2.45, 2.75) is 78.7 Å². The molecular formula is C29H38FN3O2. The first-order valence-corrected chi connectivity index (χ1v) is 12.6. The Hall–Kier alpha value is -2.80. The van der Waals surface area contributed by atoms with E-state index in [0.717, 1.165) is 50.7 Å². The first-order chi connectivity index (χ1) is 16.7. The Balaban J connectivity index is 2.67. The molecule has 35 heavy (non-hydrogen) atoms. The normalized spacial score (nSPS) is 22.2. The lowest BCUT2D eigenvalue weighted by molar-refractivity contribution is -0.113. The summed E-state index contributed by atoms with van der Waals surface area (Å²) in [7, 11) is 0. The molecule has 5 nitrogen and oxygen atoms in total. The van der Waals surface area contributed by atoms with Gasteiger partial charge in [0.25, 0.3) is 0 Å². The number of allylic oxidation sites excluding steroid dienone is 1. The Morgan fingerprint density at radius 2 is 2.03 bits per heavy atom. The number of rotatable bonds is 8. The van der Waals surface area contributed by atoms with Crippen molar-refractivity contribution in [2.75, 3.05) is 6.61 Å². The number of aliphatic imine (C=N–C) groups is 1. The molecule has 0 saturated heterocycles. The smallest absolute Gasteiger partial charge is 0.170 e. The second-order valence-electron chi connectivity index (χ2n) is 9.80. The third-order valence-corrected chi connectivity index (χ3v) is 7.00. The number of hydrogen-bond donors (Lipinski definition) is 2. The molecule has 0 spiro atoms. The Morgan fingerprint density at radius 1 is 1.31 bits per heavy atom. The van der Waals surface area contributed by atoms with Gasteiger partial charge in [-0.2, -0.15) is 5.26 Å². The van der Waals surface area contributed by atoms with Gasteiger partial charge in [0, 0.05) is 17.3 Å². The number of halogens is 1. The number of nitrogens with zero attached hydrogens (tertiary/aromatic N) is 2. The Kier molecular flexibility index (Phi) is 11.3. The van der Waals surface area contributed by atoms with Gasteiger partial charge in [0.15, 0.2) is 5.78 Å². The summed E-state index contributed by atoms with van der Waals surface area (Å²) in [4.78, 5) is 17.6. The van der Waals surface area contributed by atoms with Crippen LogP contribution in [0.4, 0.5) is 4.39 Å². The molecule has 1 aromatic carbocycles. The fraction of sp³-hybridized carbons (Fsp3) is 0.552. The van der Waals surface area contributed by atoms with Crippen molar-refractivity contribution in [3.63, 3.8) is 0 Å². The van der Waals surface area contributed by atoms with E-state index in [9.17, 15) is 14.3 Å². The van der Waals surface area contributed by atoms with E-state index >= 15 is 0 Å². The van der Waals surface area contributed by atoms with Gasteiger partial charge in [0.2, 0.25) is 0 Å². The Bertz CT molecular complexity index is 1060. The van der Waals surface area contributed by atoms with E-state index in [1.165, 1.54) is 19.1 Å². The Labute approximate surface area is 209 Å². The molecule has 3 N–H and O–H groups in total. The number of aliphatic hydroxyl groups excluding tert-OH is 1. The van der Waals surface area contributed by atoms with Gasteiger partial charge in [-0.1, -0.05) is 45.1 Å². The molecule has 1 aliphatic carbocycles. The minimum absolute atomic E-state index is 0.0775. The van der Waals surface area contributed by atoms with Crippen molar-refractivity contribution < 1.29 is 14.3 Å². The fourth-order valence-electron chi connectivity index (χ4n) is 4.51. The van der Waals surface area contributed by atoms with Gasteiger partial charge in [-0.05, 0) is 75.3 Å². The number of carbonyl (C=O) groups excluding carboxylic acids is 1. The minimum Gasteiger partial charge on any atom is -0.384 e. The largest absolute Gasteiger partial charge is 0.384 e. The van der Waals surface area contributed by atoms with Gasteiger partial charge in [-0.15, -0.1) is 0 Å². The van der Waals surface area contributed by atoms with Crippen molar-refractivity contribution in [2.24, 2.45) is 28.5 Å². The average molecular weight is 480 g/mol.